The topological polar surface area (TPSA) is 60.9 Å². The summed E-state index contributed by atoms with van der Waals surface area (Å²) in [5.74, 6) is -0.269. The van der Waals surface area contributed by atoms with Gasteiger partial charge in [-0.05, 0) is 42.7 Å². The molecule has 1 saturated heterocycles. The van der Waals surface area contributed by atoms with Crippen LogP contribution in [0.4, 0.5) is 0 Å². The Morgan fingerprint density at radius 1 is 0.893 bits per heavy atom. The number of halogens is 2. The predicted octanol–water partition coefficient (Wildman–Crippen LogP) is 3.47. The van der Waals surface area contributed by atoms with E-state index < -0.39 is 5.60 Å². The number of hydrogen-bond acceptors (Lipinski definition) is 3. The Morgan fingerprint density at radius 3 is 2.07 bits per heavy atom. The van der Waals surface area contributed by atoms with Gasteiger partial charge >= 0.3 is 0 Å². The van der Waals surface area contributed by atoms with Crippen LogP contribution in [0.5, 0.6) is 0 Å². The Morgan fingerprint density at radius 2 is 1.50 bits per heavy atom. The summed E-state index contributed by atoms with van der Waals surface area (Å²) in [6.07, 6.45) is 1.07. The van der Waals surface area contributed by atoms with Crippen LogP contribution in [0.2, 0.25) is 10.0 Å². The van der Waals surface area contributed by atoms with Gasteiger partial charge in [0.1, 0.15) is 5.60 Å². The third-order valence-electron chi connectivity index (χ3n) is 5.35. The third kappa shape index (κ3) is 3.75. The Labute approximate surface area is 173 Å². The Balaban J connectivity index is 1.41. The molecule has 2 aliphatic rings. The third-order valence-corrected chi connectivity index (χ3v) is 5.90. The van der Waals surface area contributed by atoms with E-state index in [1.54, 1.807) is 34.1 Å². The van der Waals surface area contributed by atoms with E-state index in [-0.39, 0.29) is 11.8 Å². The van der Waals surface area contributed by atoms with Gasteiger partial charge < -0.3 is 14.9 Å². The number of carbonyl (C=O) groups is 2. The molecule has 0 bridgehead atoms. The normalized spacial score (nSPS) is 18.1. The fourth-order valence-electron chi connectivity index (χ4n) is 3.44. The van der Waals surface area contributed by atoms with Crippen LogP contribution in [0.3, 0.4) is 0 Å². The van der Waals surface area contributed by atoms with Gasteiger partial charge in [-0.2, -0.15) is 0 Å². The molecule has 1 aliphatic heterocycles. The molecule has 5 nitrogen and oxygen atoms in total. The molecule has 1 N–H and O–H groups in total. The molecule has 2 fully saturated rings. The number of nitrogens with zero attached hydrogens (tertiary/aromatic N) is 2. The van der Waals surface area contributed by atoms with Crippen LogP contribution in [-0.4, -0.2) is 58.5 Å². The van der Waals surface area contributed by atoms with Crippen molar-refractivity contribution in [3.8, 4) is 11.1 Å². The van der Waals surface area contributed by atoms with Crippen molar-refractivity contribution in [3.05, 3.63) is 58.1 Å². The summed E-state index contributed by atoms with van der Waals surface area (Å²) in [6.45, 7) is 1.83. The second-order valence-corrected chi connectivity index (χ2v) is 8.16. The maximum absolute atomic E-state index is 12.8. The van der Waals surface area contributed by atoms with E-state index in [2.05, 4.69) is 0 Å². The minimum absolute atomic E-state index is 0.0639. The van der Waals surface area contributed by atoms with Crippen molar-refractivity contribution in [2.24, 2.45) is 0 Å². The first-order valence-corrected chi connectivity index (χ1v) is 9.99. The Kier molecular flexibility index (Phi) is 5.08. The lowest BCUT2D eigenvalue weighted by Crippen LogP contribution is -2.53. The standard InChI is InChI=1S/C21H20Cl2N2O3/c22-16-5-6-17(18(23)13-16)14-1-3-15(4-2-14)19(26)24-9-11-25(12-10-24)20(27)21(28)7-8-21/h1-6,13,28H,7-12H2. The maximum Gasteiger partial charge on any atom is 0.254 e. The lowest BCUT2D eigenvalue weighted by atomic mass is 10.0. The lowest BCUT2D eigenvalue weighted by Gasteiger charge is -2.35. The van der Waals surface area contributed by atoms with Crippen molar-refractivity contribution in [1.82, 2.24) is 9.80 Å². The van der Waals surface area contributed by atoms with Crippen molar-refractivity contribution in [2.75, 3.05) is 26.2 Å². The number of aliphatic hydroxyl groups is 1. The van der Waals surface area contributed by atoms with Gasteiger partial charge in [0.2, 0.25) is 0 Å². The zero-order valence-electron chi connectivity index (χ0n) is 15.2. The molecule has 0 unspecified atom stereocenters. The molecule has 28 heavy (non-hydrogen) atoms. The molecule has 7 heteroatoms. The SMILES string of the molecule is O=C(c1ccc(-c2ccc(Cl)cc2Cl)cc1)N1CCN(C(=O)C2(O)CC2)CC1. The van der Waals surface area contributed by atoms with Crippen LogP contribution in [-0.2, 0) is 4.79 Å². The number of hydrogen-bond donors (Lipinski definition) is 1. The Hall–Kier alpha value is -2.08. The van der Waals surface area contributed by atoms with Crippen molar-refractivity contribution < 1.29 is 14.7 Å². The van der Waals surface area contributed by atoms with Gasteiger partial charge in [-0.15, -0.1) is 0 Å². The number of carbonyl (C=O) groups excluding carboxylic acids is 2. The van der Waals surface area contributed by atoms with E-state index in [0.29, 0.717) is 54.6 Å². The van der Waals surface area contributed by atoms with Crippen molar-refractivity contribution in [1.29, 1.82) is 0 Å². The van der Waals surface area contributed by atoms with E-state index in [1.165, 1.54) is 0 Å². The van der Waals surface area contributed by atoms with Crippen molar-refractivity contribution >= 4 is 35.0 Å². The molecule has 2 aromatic carbocycles. The molecule has 146 valence electrons. The zero-order chi connectivity index (χ0) is 19.9. The van der Waals surface area contributed by atoms with Gasteiger partial charge in [-0.3, -0.25) is 9.59 Å². The van der Waals surface area contributed by atoms with Crippen LogP contribution in [0.25, 0.3) is 11.1 Å². The molecular formula is C21H20Cl2N2O3. The molecule has 1 heterocycles. The van der Waals surface area contributed by atoms with Crippen molar-refractivity contribution in [3.63, 3.8) is 0 Å². The molecule has 2 amide bonds. The highest BCUT2D eigenvalue weighted by Crippen LogP contribution is 2.37. The average Bonchev–Trinajstić information content (AvgIpc) is 3.46. The van der Waals surface area contributed by atoms with Crippen LogP contribution >= 0.6 is 23.2 Å². The fourth-order valence-corrected chi connectivity index (χ4v) is 3.96. The number of benzene rings is 2. The van der Waals surface area contributed by atoms with Gasteiger partial charge in [0, 0.05) is 47.4 Å². The smallest absolute Gasteiger partial charge is 0.254 e. The molecule has 1 saturated carbocycles. The van der Waals surface area contributed by atoms with Gasteiger partial charge in [0.05, 0.1) is 0 Å². The van der Waals surface area contributed by atoms with Gasteiger partial charge in [-0.1, -0.05) is 41.4 Å². The molecule has 4 rings (SSSR count). The second kappa shape index (κ2) is 7.39. The molecule has 0 radical (unpaired) electrons. The highest BCUT2D eigenvalue weighted by Gasteiger charge is 2.50. The van der Waals surface area contributed by atoms with E-state index in [9.17, 15) is 14.7 Å². The molecule has 0 spiro atoms. The first-order valence-electron chi connectivity index (χ1n) is 9.24. The molecule has 0 atom stereocenters. The van der Waals surface area contributed by atoms with Gasteiger partial charge in [0.25, 0.3) is 11.8 Å². The summed E-state index contributed by atoms with van der Waals surface area (Å²) >= 11 is 12.2. The highest BCUT2D eigenvalue weighted by atomic mass is 35.5. The number of piperazine rings is 1. The van der Waals surface area contributed by atoms with E-state index >= 15 is 0 Å². The summed E-state index contributed by atoms with van der Waals surface area (Å²) in [5.41, 5.74) is 1.21. The number of rotatable bonds is 3. The maximum atomic E-state index is 12.8. The summed E-state index contributed by atoms with van der Waals surface area (Å²) in [5, 5.41) is 11.1. The zero-order valence-corrected chi connectivity index (χ0v) is 16.7. The molecular weight excluding hydrogens is 399 g/mol. The van der Waals surface area contributed by atoms with Crippen LogP contribution in [0.1, 0.15) is 23.2 Å². The van der Waals surface area contributed by atoms with Crippen molar-refractivity contribution in [2.45, 2.75) is 18.4 Å². The van der Waals surface area contributed by atoms with Gasteiger partial charge in [0.15, 0.2) is 0 Å². The minimum atomic E-state index is -1.15. The van der Waals surface area contributed by atoms with Crippen LogP contribution in [0, 0.1) is 0 Å². The van der Waals surface area contributed by atoms with Crippen LogP contribution < -0.4 is 0 Å². The molecule has 1 aliphatic carbocycles. The van der Waals surface area contributed by atoms with Gasteiger partial charge in [-0.25, -0.2) is 0 Å². The van der Waals surface area contributed by atoms with E-state index in [1.807, 2.05) is 18.2 Å². The monoisotopic (exact) mass is 418 g/mol. The Bertz CT molecular complexity index is 918. The second-order valence-electron chi connectivity index (χ2n) is 7.32. The summed E-state index contributed by atoms with van der Waals surface area (Å²) in [6, 6.07) is 12.6. The first kappa shape index (κ1) is 19.2. The first-order chi connectivity index (χ1) is 13.4. The van der Waals surface area contributed by atoms with E-state index in [0.717, 1.165) is 11.1 Å². The summed E-state index contributed by atoms with van der Waals surface area (Å²) in [7, 11) is 0. The quantitative estimate of drug-likeness (QED) is 0.829. The summed E-state index contributed by atoms with van der Waals surface area (Å²) in [4.78, 5) is 28.4. The average molecular weight is 419 g/mol. The largest absolute Gasteiger partial charge is 0.380 e. The minimum Gasteiger partial charge on any atom is -0.380 e. The summed E-state index contributed by atoms with van der Waals surface area (Å²) < 4.78 is 0. The highest BCUT2D eigenvalue weighted by molar-refractivity contribution is 6.36. The fraction of sp³-hybridized carbons (Fsp3) is 0.333. The number of amides is 2. The van der Waals surface area contributed by atoms with E-state index in [4.69, 9.17) is 23.2 Å². The predicted molar refractivity (Wildman–Crippen MR) is 109 cm³/mol. The molecule has 0 aromatic heterocycles. The molecule has 2 aromatic rings. The lowest BCUT2D eigenvalue weighted by molar-refractivity contribution is -0.143. The van der Waals surface area contributed by atoms with Crippen LogP contribution in [0.15, 0.2) is 42.5 Å².